The van der Waals surface area contributed by atoms with E-state index in [2.05, 4.69) is 68.7 Å². The molecule has 0 spiro atoms. The molecule has 0 bridgehead atoms. The third kappa shape index (κ3) is 3.57. The second kappa shape index (κ2) is 6.47. The van der Waals surface area contributed by atoms with E-state index in [9.17, 15) is 0 Å². The molecule has 2 heteroatoms. The van der Waals surface area contributed by atoms with Gasteiger partial charge in [0.15, 0.2) is 0 Å². The molecular weight excluding hydrogens is 280 g/mol. The normalized spacial score (nSPS) is 26.6. The molecule has 0 N–H and O–H groups in total. The average Bonchev–Trinajstić information content (AvgIpc) is 3.37. The number of rotatable bonds is 4. The van der Waals surface area contributed by atoms with E-state index in [0.29, 0.717) is 0 Å². The highest BCUT2D eigenvalue weighted by molar-refractivity contribution is 5.49. The number of hydrogen-bond donors (Lipinski definition) is 0. The highest BCUT2D eigenvalue weighted by Gasteiger charge is 2.41. The van der Waals surface area contributed by atoms with E-state index in [4.69, 9.17) is 0 Å². The zero-order chi connectivity index (χ0) is 16.6. The second-order valence-electron chi connectivity index (χ2n) is 8.50. The quantitative estimate of drug-likeness (QED) is 0.785. The molecule has 0 aromatic heterocycles. The number of benzene rings is 1. The standard InChI is InChI=1S/C21H34N2/c1-6-17-14-22(15-18(7-2)23(17)20-12-13-20)19-10-8-16(9-11-19)21(3,4)5/h8-11,17-18,20H,6-7,12-15H2,1-5H3. The Kier molecular flexibility index (Phi) is 4.73. The summed E-state index contributed by atoms with van der Waals surface area (Å²) in [7, 11) is 0. The van der Waals surface area contributed by atoms with Crippen molar-refractivity contribution in [1.82, 2.24) is 4.90 Å². The molecule has 1 aliphatic heterocycles. The van der Waals surface area contributed by atoms with Gasteiger partial charge in [-0.15, -0.1) is 0 Å². The van der Waals surface area contributed by atoms with Crippen molar-refractivity contribution >= 4 is 5.69 Å². The van der Waals surface area contributed by atoms with Crippen molar-refractivity contribution < 1.29 is 0 Å². The first-order valence-corrected chi connectivity index (χ1v) is 9.57. The van der Waals surface area contributed by atoms with Gasteiger partial charge in [0.2, 0.25) is 0 Å². The largest absolute Gasteiger partial charge is 0.368 e. The molecule has 2 nitrogen and oxygen atoms in total. The Bertz CT molecular complexity index is 496. The van der Waals surface area contributed by atoms with Crippen molar-refractivity contribution in [3.8, 4) is 0 Å². The van der Waals surface area contributed by atoms with Crippen molar-refractivity contribution in [3.05, 3.63) is 29.8 Å². The van der Waals surface area contributed by atoms with Gasteiger partial charge in [0, 0.05) is 36.9 Å². The third-order valence-electron chi connectivity index (χ3n) is 5.72. The van der Waals surface area contributed by atoms with Crippen LogP contribution in [0, 0.1) is 0 Å². The summed E-state index contributed by atoms with van der Waals surface area (Å²) in [6.45, 7) is 14.0. The third-order valence-corrected chi connectivity index (χ3v) is 5.72. The summed E-state index contributed by atoms with van der Waals surface area (Å²) in [6, 6.07) is 11.7. The zero-order valence-corrected chi connectivity index (χ0v) is 15.7. The van der Waals surface area contributed by atoms with Gasteiger partial charge in [-0.2, -0.15) is 0 Å². The van der Waals surface area contributed by atoms with Crippen LogP contribution in [0.2, 0.25) is 0 Å². The Balaban J connectivity index is 1.77. The number of nitrogens with zero attached hydrogens (tertiary/aromatic N) is 2. The minimum absolute atomic E-state index is 0.237. The van der Waals surface area contributed by atoms with Gasteiger partial charge in [-0.25, -0.2) is 0 Å². The van der Waals surface area contributed by atoms with Crippen LogP contribution in [0.3, 0.4) is 0 Å². The molecule has 0 radical (unpaired) electrons. The SMILES string of the molecule is CCC1CN(c2ccc(C(C)(C)C)cc2)CC(CC)N1C1CC1. The van der Waals surface area contributed by atoms with Crippen LogP contribution < -0.4 is 4.90 Å². The van der Waals surface area contributed by atoms with Crippen LogP contribution in [-0.4, -0.2) is 36.1 Å². The van der Waals surface area contributed by atoms with Crippen molar-refractivity contribution in [2.24, 2.45) is 0 Å². The maximum absolute atomic E-state index is 2.86. The predicted molar refractivity (Wildman–Crippen MR) is 100 cm³/mol. The van der Waals surface area contributed by atoms with Crippen LogP contribution >= 0.6 is 0 Å². The molecule has 0 amide bonds. The van der Waals surface area contributed by atoms with Crippen LogP contribution in [0.1, 0.15) is 65.9 Å². The van der Waals surface area contributed by atoms with Crippen molar-refractivity contribution in [2.45, 2.75) is 83.8 Å². The fourth-order valence-electron chi connectivity index (χ4n) is 4.10. The molecular formula is C21H34N2. The fourth-order valence-corrected chi connectivity index (χ4v) is 4.10. The minimum Gasteiger partial charge on any atom is -0.368 e. The summed E-state index contributed by atoms with van der Waals surface area (Å²) in [5, 5.41) is 0. The van der Waals surface area contributed by atoms with Gasteiger partial charge in [0.05, 0.1) is 0 Å². The Morgan fingerprint density at radius 2 is 1.43 bits per heavy atom. The number of hydrogen-bond acceptors (Lipinski definition) is 2. The lowest BCUT2D eigenvalue weighted by atomic mass is 9.87. The molecule has 3 rings (SSSR count). The highest BCUT2D eigenvalue weighted by atomic mass is 15.3. The summed E-state index contributed by atoms with van der Waals surface area (Å²) < 4.78 is 0. The molecule has 1 aromatic rings. The van der Waals surface area contributed by atoms with Gasteiger partial charge >= 0.3 is 0 Å². The highest BCUT2D eigenvalue weighted by Crippen LogP contribution is 2.36. The molecule has 1 aliphatic carbocycles. The summed E-state index contributed by atoms with van der Waals surface area (Å²) >= 11 is 0. The average molecular weight is 315 g/mol. The molecule has 1 aromatic carbocycles. The van der Waals surface area contributed by atoms with E-state index in [1.165, 1.54) is 50.0 Å². The first-order valence-electron chi connectivity index (χ1n) is 9.57. The molecule has 1 saturated carbocycles. The fraction of sp³-hybridized carbons (Fsp3) is 0.714. The molecule has 2 fully saturated rings. The monoisotopic (exact) mass is 314 g/mol. The summed E-state index contributed by atoms with van der Waals surface area (Å²) in [4.78, 5) is 5.49. The van der Waals surface area contributed by atoms with E-state index in [0.717, 1.165) is 18.1 Å². The van der Waals surface area contributed by atoms with E-state index in [-0.39, 0.29) is 5.41 Å². The first kappa shape index (κ1) is 16.8. The molecule has 128 valence electrons. The van der Waals surface area contributed by atoms with Crippen LogP contribution in [-0.2, 0) is 5.41 Å². The zero-order valence-electron chi connectivity index (χ0n) is 15.7. The van der Waals surface area contributed by atoms with Crippen LogP contribution in [0.5, 0.6) is 0 Å². The summed E-state index contributed by atoms with van der Waals surface area (Å²) in [5.74, 6) is 0. The van der Waals surface area contributed by atoms with Crippen LogP contribution in [0.4, 0.5) is 5.69 Å². The molecule has 23 heavy (non-hydrogen) atoms. The lowest BCUT2D eigenvalue weighted by Gasteiger charge is -2.48. The molecule has 1 saturated heterocycles. The van der Waals surface area contributed by atoms with Crippen molar-refractivity contribution in [1.29, 1.82) is 0 Å². The number of piperazine rings is 1. The van der Waals surface area contributed by atoms with Crippen LogP contribution in [0.15, 0.2) is 24.3 Å². The minimum atomic E-state index is 0.237. The van der Waals surface area contributed by atoms with E-state index >= 15 is 0 Å². The predicted octanol–water partition coefficient (Wildman–Crippen LogP) is 4.83. The Hall–Kier alpha value is -1.02. The van der Waals surface area contributed by atoms with Gasteiger partial charge in [-0.1, -0.05) is 46.8 Å². The Morgan fingerprint density at radius 1 is 0.913 bits per heavy atom. The molecule has 2 aliphatic rings. The molecule has 2 unspecified atom stereocenters. The second-order valence-corrected chi connectivity index (χ2v) is 8.50. The summed E-state index contributed by atoms with van der Waals surface area (Å²) in [6.07, 6.45) is 5.38. The maximum atomic E-state index is 2.86. The van der Waals surface area contributed by atoms with Gasteiger partial charge < -0.3 is 4.90 Å². The smallest absolute Gasteiger partial charge is 0.0367 e. The summed E-state index contributed by atoms with van der Waals surface area (Å²) in [5.41, 5.74) is 3.07. The van der Waals surface area contributed by atoms with Gasteiger partial charge in [0.25, 0.3) is 0 Å². The lowest BCUT2D eigenvalue weighted by Crippen LogP contribution is -2.59. The van der Waals surface area contributed by atoms with E-state index in [1.54, 1.807) is 0 Å². The number of anilines is 1. The van der Waals surface area contributed by atoms with Crippen molar-refractivity contribution in [3.63, 3.8) is 0 Å². The lowest BCUT2D eigenvalue weighted by molar-refractivity contribution is 0.0957. The van der Waals surface area contributed by atoms with Crippen LogP contribution in [0.25, 0.3) is 0 Å². The van der Waals surface area contributed by atoms with Gasteiger partial charge in [-0.3, -0.25) is 4.90 Å². The topological polar surface area (TPSA) is 6.48 Å². The molecule has 1 heterocycles. The Morgan fingerprint density at radius 3 is 1.83 bits per heavy atom. The van der Waals surface area contributed by atoms with E-state index in [1.807, 2.05) is 0 Å². The van der Waals surface area contributed by atoms with Crippen molar-refractivity contribution in [2.75, 3.05) is 18.0 Å². The Labute approximate surface area is 142 Å². The van der Waals surface area contributed by atoms with Gasteiger partial charge in [0.1, 0.15) is 0 Å². The first-order chi connectivity index (χ1) is 10.9. The van der Waals surface area contributed by atoms with E-state index < -0.39 is 0 Å². The van der Waals surface area contributed by atoms with Gasteiger partial charge in [-0.05, 0) is 48.8 Å². The molecule has 2 atom stereocenters. The maximum Gasteiger partial charge on any atom is 0.0367 e.